The highest BCUT2D eigenvalue weighted by Gasteiger charge is 2.08. The molecule has 0 atom stereocenters. The summed E-state index contributed by atoms with van der Waals surface area (Å²) in [5.41, 5.74) is 0.586. The van der Waals surface area contributed by atoms with Crippen LogP contribution in [0.15, 0.2) is 23.0 Å². The molecule has 14 heavy (non-hydrogen) atoms. The summed E-state index contributed by atoms with van der Waals surface area (Å²) in [7, 11) is 1.81. The Labute approximate surface area is 80.4 Å². The molecule has 0 saturated heterocycles. The fraction of sp³-hybridized carbons (Fsp3) is 0.250. The van der Waals surface area contributed by atoms with Crippen LogP contribution in [0.3, 0.4) is 0 Å². The van der Waals surface area contributed by atoms with E-state index in [0.717, 1.165) is 0 Å². The Hall–Kier alpha value is -1.82. The molecule has 2 heterocycles. The second-order valence-electron chi connectivity index (χ2n) is 2.62. The molecule has 72 valence electrons. The first kappa shape index (κ1) is 8.76. The summed E-state index contributed by atoms with van der Waals surface area (Å²) in [6.45, 7) is 0.549. The highest BCUT2D eigenvalue weighted by Crippen LogP contribution is 2.12. The molecule has 0 saturated carbocycles. The molecular formula is C8H9N5O. The predicted molar refractivity (Wildman–Crippen MR) is 48.1 cm³/mol. The van der Waals surface area contributed by atoms with Gasteiger partial charge in [0, 0.05) is 12.4 Å². The number of aromatic nitrogens is 4. The number of hydrogen-bond acceptors (Lipinski definition) is 6. The van der Waals surface area contributed by atoms with Crippen molar-refractivity contribution in [2.45, 2.75) is 6.54 Å². The quantitative estimate of drug-likeness (QED) is 0.749. The summed E-state index contributed by atoms with van der Waals surface area (Å²) >= 11 is 0. The van der Waals surface area contributed by atoms with E-state index >= 15 is 0 Å². The Morgan fingerprint density at radius 2 is 2.29 bits per heavy atom. The maximum atomic E-state index is 5.32. The van der Waals surface area contributed by atoms with Crippen molar-refractivity contribution >= 4 is 0 Å². The lowest BCUT2D eigenvalue weighted by Crippen LogP contribution is -2.04. The molecule has 0 unspecified atom stereocenters. The van der Waals surface area contributed by atoms with E-state index in [9.17, 15) is 0 Å². The first-order valence-electron chi connectivity index (χ1n) is 4.13. The Kier molecular flexibility index (Phi) is 2.46. The van der Waals surface area contributed by atoms with Crippen LogP contribution in [0.4, 0.5) is 0 Å². The fourth-order valence-corrected chi connectivity index (χ4v) is 0.989. The zero-order chi connectivity index (χ0) is 9.80. The predicted octanol–water partition coefficient (Wildman–Crippen LogP) is 0.246. The molecule has 2 aromatic heterocycles. The van der Waals surface area contributed by atoms with Crippen LogP contribution in [-0.2, 0) is 6.54 Å². The Balaban J connectivity index is 2.25. The van der Waals surface area contributed by atoms with Crippen molar-refractivity contribution in [1.82, 2.24) is 25.5 Å². The van der Waals surface area contributed by atoms with Crippen molar-refractivity contribution in [3.63, 3.8) is 0 Å². The fourth-order valence-electron chi connectivity index (χ4n) is 0.989. The van der Waals surface area contributed by atoms with Crippen LogP contribution >= 0.6 is 0 Å². The number of rotatable bonds is 3. The van der Waals surface area contributed by atoms with Gasteiger partial charge in [0.05, 0.1) is 12.7 Å². The second kappa shape index (κ2) is 3.93. The molecule has 0 aliphatic heterocycles. The molecule has 2 aromatic rings. The third-order valence-electron chi connectivity index (χ3n) is 1.58. The van der Waals surface area contributed by atoms with Crippen LogP contribution in [-0.4, -0.2) is 27.2 Å². The Morgan fingerprint density at radius 3 is 3.00 bits per heavy atom. The largest absolute Gasteiger partial charge is 0.418 e. The molecular weight excluding hydrogens is 182 g/mol. The van der Waals surface area contributed by atoms with Gasteiger partial charge in [-0.25, -0.2) is 4.98 Å². The third-order valence-corrected chi connectivity index (χ3v) is 1.58. The molecule has 0 aliphatic rings. The lowest BCUT2D eigenvalue weighted by atomic mass is 10.4. The summed E-state index contributed by atoms with van der Waals surface area (Å²) in [4.78, 5) is 7.95. The number of nitrogens with one attached hydrogen (secondary N) is 1. The second-order valence-corrected chi connectivity index (χ2v) is 2.62. The summed E-state index contributed by atoms with van der Waals surface area (Å²) in [5.74, 6) is 0.927. The molecule has 0 aliphatic carbocycles. The van der Waals surface area contributed by atoms with E-state index in [-0.39, 0.29) is 0 Å². The Bertz CT molecular complexity index is 399. The van der Waals surface area contributed by atoms with Gasteiger partial charge in [-0.15, -0.1) is 10.2 Å². The van der Waals surface area contributed by atoms with Crippen molar-refractivity contribution in [3.05, 3.63) is 24.5 Å². The van der Waals surface area contributed by atoms with Gasteiger partial charge in [0.1, 0.15) is 5.69 Å². The zero-order valence-corrected chi connectivity index (χ0v) is 7.64. The molecule has 0 fully saturated rings. The minimum Gasteiger partial charge on any atom is -0.418 e. The molecule has 6 nitrogen and oxygen atoms in total. The van der Waals surface area contributed by atoms with Gasteiger partial charge >= 0.3 is 0 Å². The maximum absolute atomic E-state index is 5.32. The first-order chi connectivity index (χ1) is 6.90. The van der Waals surface area contributed by atoms with E-state index < -0.39 is 0 Å². The van der Waals surface area contributed by atoms with Crippen molar-refractivity contribution < 1.29 is 4.42 Å². The molecule has 0 amide bonds. The van der Waals surface area contributed by atoms with Crippen LogP contribution in [0.25, 0.3) is 11.6 Å². The van der Waals surface area contributed by atoms with E-state index in [0.29, 0.717) is 24.0 Å². The van der Waals surface area contributed by atoms with Crippen LogP contribution < -0.4 is 5.32 Å². The highest BCUT2D eigenvalue weighted by atomic mass is 16.4. The minimum absolute atomic E-state index is 0.392. The standard InChI is InChI=1S/C8H9N5O/c1-9-5-7-12-13-8(14-7)6-4-10-2-3-11-6/h2-4,9H,5H2,1H3. The van der Waals surface area contributed by atoms with Crippen molar-refractivity contribution in [2.24, 2.45) is 0 Å². The van der Waals surface area contributed by atoms with Gasteiger partial charge in [0.15, 0.2) is 0 Å². The summed E-state index contributed by atoms with van der Waals surface area (Å²) in [6.07, 6.45) is 4.75. The molecule has 0 bridgehead atoms. The van der Waals surface area contributed by atoms with Gasteiger partial charge < -0.3 is 9.73 Å². The molecule has 0 radical (unpaired) electrons. The van der Waals surface area contributed by atoms with Crippen LogP contribution in [0, 0.1) is 0 Å². The lowest BCUT2D eigenvalue weighted by molar-refractivity contribution is 0.489. The third kappa shape index (κ3) is 1.74. The van der Waals surface area contributed by atoms with Gasteiger partial charge in [0.2, 0.25) is 5.89 Å². The van der Waals surface area contributed by atoms with E-state index in [1.165, 1.54) is 0 Å². The van der Waals surface area contributed by atoms with Crippen LogP contribution in [0.5, 0.6) is 0 Å². The van der Waals surface area contributed by atoms with E-state index in [4.69, 9.17) is 4.42 Å². The zero-order valence-electron chi connectivity index (χ0n) is 7.64. The lowest BCUT2D eigenvalue weighted by Gasteiger charge is -1.91. The van der Waals surface area contributed by atoms with E-state index in [1.807, 2.05) is 7.05 Å². The topological polar surface area (TPSA) is 76.7 Å². The summed E-state index contributed by atoms with van der Waals surface area (Å²) in [6, 6.07) is 0. The van der Waals surface area contributed by atoms with Crippen molar-refractivity contribution in [2.75, 3.05) is 7.05 Å². The van der Waals surface area contributed by atoms with Crippen molar-refractivity contribution in [3.8, 4) is 11.6 Å². The van der Waals surface area contributed by atoms with E-state index in [1.54, 1.807) is 18.6 Å². The van der Waals surface area contributed by atoms with Gasteiger partial charge in [-0.05, 0) is 7.05 Å². The average molecular weight is 191 g/mol. The van der Waals surface area contributed by atoms with Crippen LogP contribution in [0.2, 0.25) is 0 Å². The summed E-state index contributed by atoms with van der Waals surface area (Å²) in [5, 5.41) is 10.6. The average Bonchev–Trinajstić information content (AvgIpc) is 2.68. The Morgan fingerprint density at radius 1 is 1.36 bits per heavy atom. The molecule has 1 N–H and O–H groups in total. The first-order valence-corrected chi connectivity index (χ1v) is 4.13. The normalized spacial score (nSPS) is 10.4. The molecule has 0 spiro atoms. The molecule has 0 aromatic carbocycles. The number of nitrogens with zero attached hydrogens (tertiary/aromatic N) is 4. The minimum atomic E-state index is 0.392. The summed E-state index contributed by atoms with van der Waals surface area (Å²) < 4.78 is 5.32. The maximum Gasteiger partial charge on any atom is 0.267 e. The number of hydrogen-bond donors (Lipinski definition) is 1. The van der Waals surface area contributed by atoms with Crippen molar-refractivity contribution in [1.29, 1.82) is 0 Å². The van der Waals surface area contributed by atoms with Crippen LogP contribution in [0.1, 0.15) is 5.89 Å². The molecule has 2 rings (SSSR count). The SMILES string of the molecule is CNCc1nnc(-c2cnccn2)o1. The van der Waals surface area contributed by atoms with Gasteiger partial charge in [-0.2, -0.15) is 0 Å². The molecule has 6 heteroatoms. The smallest absolute Gasteiger partial charge is 0.267 e. The van der Waals surface area contributed by atoms with E-state index in [2.05, 4.69) is 25.5 Å². The van der Waals surface area contributed by atoms with Gasteiger partial charge in [-0.3, -0.25) is 4.98 Å². The monoisotopic (exact) mass is 191 g/mol. The van der Waals surface area contributed by atoms with Gasteiger partial charge in [-0.1, -0.05) is 0 Å². The highest BCUT2D eigenvalue weighted by molar-refractivity contribution is 5.42. The van der Waals surface area contributed by atoms with Gasteiger partial charge in [0.25, 0.3) is 5.89 Å².